The number of hydrogen-bond donors (Lipinski definition) is 3. The number of rotatable bonds is 5. The second-order valence-electron chi connectivity index (χ2n) is 1.86. The van der Waals surface area contributed by atoms with Crippen LogP contribution in [0.3, 0.4) is 0 Å². The highest BCUT2D eigenvalue weighted by Crippen LogP contribution is 1.96. The van der Waals surface area contributed by atoms with Crippen LogP contribution in [0.1, 0.15) is 25.7 Å². The highest BCUT2D eigenvalue weighted by Gasteiger charge is 1.84. The van der Waals surface area contributed by atoms with Gasteiger partial charge in [-0.1, -0.05) is 12.8 Å². The lowest BCUT2D eigenvalue weighted by molar-refractivity contribution is 0.265. The van der Waals surface area contributed by atoms with Crippen molar-refractivity contribution < 1.29 is 15.7 Å². The Bertz CT molecular complexity index is 33.3. The van der Waals surface area contributed by atoms with Crippen LogP contribution in [-0.4, -0.2) is 28.9 Å². The van der Waals surface area contributed by atoms with Crippen LogP contribution >= 0.6 is 0 Å². The van der Waals surface area contributed by atoms with Crippen molar-refractivity contribution in [3.63, 3.8) is 0 Å². The molecule has 57 valence electrons. The summed E-state index contributed by atoms with van der Waals surface area (Å²) in [4.78, 5) is 0. The molecular formula is C6H15O3. The predicted molar refractivity (Wildman–Crippen MR) is 34.6 cm³/mol. The highest BCUT2D eigenvalue weighted by atomic mass is 16.3. The first-order chi connectivity index (χ1) is 3.91. The Morgan fingerprint density at radius 2 is 1.00 bits per heavy atom. The van der Waals surface area contributed by atoms with Crippen molar-refractivity contribution in [2.45, 2.75) is 25.7 Å². The van der Waals surface area contributed by atoms with Gasteiger partial charge >= 0.3 is 0 Å². The summed E-state index contributed by atoms with van der Waals surface area (Å²) in [7, 11) is 0. The van der Waals surface area contributed by atoms with Crippen LogP contribution in [0.2, 0.25) is 0 Å². The summed E-state index contributed by atoms with van der Waals surface area (Å²) in [6, 6.07) is 0. The molecule has 0 unspecified atom stereocenters. The van der Waals surface area contributed by atoms with Gasteiger partial charge < -0.3 is 10.2 Å². The van der Waals surface area contributed by atoms with Crippen molar-refractivity contribution in [1.82, 2.24) is 0 Å². The third-order valence-electron chi connectivity index (χ3n) is 1.07. The van der Waals surface area contributed by atoms with Gasteiger partial charge in [0.2, 0.25) is 0 Å². The lowest BCUT2D eigenvalue weighted by Gasteiger charge is -1.93. The Balaban J connectivity index is 0. The van der Waals surface area contributed by atoms with Crippen LogP contribution in [0.25, 0.3) is 0 Å². The molecule has 0 aromatic heterocycles. The van der Waals surface area contributed by atoms with E-state index in [1.54, 1.807) is 0 Å². The van der Waals surface area contributed by atoms with Gasteiger partial charge in [-0.05, 0) is 12.8 Å². The van der Waals surface area contributed by atoms with Crippen molar-refractivity contribution in [3.05, 3.63) is 0 Å². The molecule has 0 aliphatic rings. The Kier molecular flexibility index (Phi) is 14.0. The van der Waals surface area contributed by atoms with E-state index in [0.29, 0.717) is 0 Å². The van der Waals surface area contributed by atoms with E-state index in [-0.39, 0.29) is 18.7 Å². The molecule has 1 radical (unpaired) electrons. The molecule has 0 rings (SSSR count). The molecule has 0 atom stereocenters. The minimum atomic E-state index is 0. The molecule has 0 heterocycles. The minimum Gasteiger partial charge on any atom is -0.396 e. The first-order valence-electron chi connectivity index (χ1n) is 3.13. The van der Waals surface area contributed by atoms with Crippen LogP contribution in [0.5, 0.6) is 0 Å². The largest absolute Gasteiger partial charge is 0.396 e. The van der Waals surface area contributed by atoms with Crippen LogP contribution in [-0.2, 0) is 0 Å². The van der Waals surface area contributed by atoms with Gasteiger partial charge in [0.1, 0.15) is 0 Å². The number of unbranched alkanes of at least 4 members (excludes halogenated alkanes) is 3. The molecule has 9 heavy (non-hydrogen) atoms. The van der Waals surface area contributed by atoms with E-state index in [2.05, 4.69) is 0 Å². The van der Waals surface area contributed by atoms with Gasteiger partial charge in [-0.3, -0.25) is 5.48 Å². The topological polar surface area (TPSA) is 70.5 Å². The predicted octanol–water partition coefficient (Wildman–Crippen LogP) is 0.355. The molecule has 0 bridgehead atoms. The van der Waals surface area contributed by atoms with E-state index < -0.39 is 0 Å². The summed E-state index contributed by atoms with van der Waals surface area (Å²) >= 11 is 0. The molecule has 0 saturated carbocycles. The SMILES string of the molecule is OCCCCCCO.[OH]. The molecule has 0 aliphatic heterocycles. The van der Waals surface area contributed by atoms with E-state index in [4.69, 9.17) is 10.2 Å². The first-order valence-corrected chi connectivity index (χ1v) is 3.13. The molecule has 0 fully saturated rings. The molecule has 0 aromatic rings. The number of aliphatic hydroxyl groups is 2. The zero-order valence-corrected chi connectivity index (χ0v) is 5.58. The fourth-order valence-corrected chi connectivity index (χ4v) is 0.577. The summed E-state index contributed by atoms with van der Waals surface area (Å²) in [5.74, 6) is 0. The van der Waals surface area contributed by atoms with Gasteiger partial charge in [0.05, 0.1) is 0 Å². The fourth-order valence-electron chi connectivity index (χ4n) is 0.577. The summed E-state index contributed by atoms with van der Waals surface area (Å²) in [5.41, 5.74) is 0. The van der Waals surface area contributed by atoms with Crippen molar-refractivity contribution in [2.24, 2.45) is 0 Å². The summed E-state index contributed by atoms with van der Waals surface area (Å²) < 4.78 is 0. The monoisotopic (exact) mass is 135 g/mol. The Labute approximate surface area is 55.6 Å². The van der Waals surface area contributed by atoms with Crippen molar-refractivity contribution in [2.75, 3.05) is 13.2 Å². The summed E-state index contributed by atoms with van der Waals surface area (Å²) in [6.45, 7) is 0.566. The van der Waals surface area contributed by atoms with Gasteiger partial charge in [0.15, 0.2) is 0 Å². The van der Waals surface area contributed by atoms with Gasteiger partial charge in [-0.15, -0.1) is 0 Å². The van der Waals surface area contributed by atoms with Gasteiger partial charge in [0.25, 0.3) is 0 Å². The average Bonchev–Trinajstić information content (AvgIpc) is 1.81. The maximum Gasteiger partial charge on any atom is 0.0431 e. The molecule has 3 nitrogen and oxygen atoms in total. The first kappa shape index (κ1) is 11.6. The fraction of sp³-hybridized carbons (Fsp3) is 1.00. The highest BCUT2D eigenvalue weighted by molar-refractivity contribution is 4.39. The summed E-state index contributed by atoms with van der Waals surface area (Å²) in [6.07, 6.45) is 3.83. The van der Waals surface area contributed by atoms with Crippen molar-refractivity contribution >= 4 is 0 Å². The Hall–Kier alpha value is -0.120. The van der Waals surface area contributed by atoms with Crippen LogP contribution in [0.15, 0.2) is 0 Å². The van der Waals surface area contributed by atoms with Gasteiger partial charge in [-0.2, -0.15) is 0 Å². The normalized spacial score (nSPS) is 8.67. The molecule has 0 amide bonds. The lowest BCUT2D eigenvalue weighted by Crippen LogP contribution is -1.85. The second-order valence-corrected chi connectivity index (χ2v) is 1.86. The molecule has 0 saturated heterocycles. The summed E-state index contributed by atoms with van der Waals surface area (Å²) in [5, 5.41) is 16.6. The van der Waals surface area contributed by atoms with Crippen molar-refractivity contribution in [1.29, 1.82) is 0 Å². The zero-order valence-electron chi connectivity index (χ0n) is 5.58. The standard InChI is InChI=1S/C6H14O2.HO/c7-5-3-1-2-4-6-8;/h7-8H,1-6H2;1H. The molecule has 0 spiro atoms. The maximum atomic E-state index is 8.30. The lowest BCUT2D eigenvalue weighted by atomic mass is 10.2. The number of aliphatic hydroxyl groups excluding tert-OH is 2. The second kappa shape index (κ2) is 10.8. The van der Waals surface area contributed by atoms with E-state index in [1.807, 2.05) is 0 Å². The van der Waals surface area contributed by atoms with Crippen molar-refractivity contribution in [3.8, 4) is 0 Å². The third-order valence-corrected chi connectivity index (χ3v) is 1.07. The zero-order chi connectivity index (χ0) is 6.24. The third kappa shape index (κ3) is 11.4. The van der Waals surface area contributed by atoms with E-state index >= 15 is 0 Å². The quantitative estimate of drug-likeness (QED) is 0.476. The van der Waals surface area contributed by atoms with Gasteiger partial charge in [0, 0.05) is 13.2 Å². The minimum absolute atomic E-state index is 0. The number of hydrogen-bond acceptors (Lipinski definition) is 2. The molecular weight excluding hydrogens is 120 g/mol. The van der Waals surface area contributed by atoms with E-state index in [1.165, 1.54) is 0 Å². The van der Waals surface area contributed by atoms with Crippen LogP contribution in [0, 0.1) is 0 Å². The van der Waals surface area contributed by atoms with Crippen LogP contribution < -0.4 is 0 Å². The van der Waals surface area contributed by atoms with Crippen LogP contribution in [0.4, 0.5) is 0 Å². The average molecular weight is 135 g/mol. The van der Waals surface area contributed by atoms with E-state index in [0.717, 1.165) is 25.7 Å². The molecule has 3 N–H and O–H groups in total. The Morgan fingerprint density at radius 1 is 0.667 bits per heavy atom. The van der Waals surface area contributed by atoms with E-state index in [9.17, 15) is 0 Å². The molecule has 0 aromatic carbocycles. The Morgan fingerprint density at radius 3 is 1.22 bits per heavy atom. The van der Waals surface area contributed by atoms with Gasteiger partial charge in [-0.25, -0.2) is 0 Å². The molecule has 3 heteroatoms. The maximum absolute atomic E-state index is 8.30. The smallest absolute Gasteiger partial charge is 0.0431 e. The molecule has 0 aliphatic carbocycles.